The smallest absolute Gasteiger partial charge is 0.246 e. The summed E-state index contributed by atoms with van der Waals surface area (Å²) in [6.45, 7) is 8.97. The molecule has 0 radical (unpaired) electrons. The number of likely N-dealkylation sites (tertiary alicyclic amines) is 1. The fraction of sp³-hybridized carbons (Fsp3) is 0.364. The van der Waals surface area contributed by atoms with Crippen LogP contribution in [0.15, 0.2) is 43.4 Å². The van der Waals surface area contributed by atoms with Crippen LogP contribution in [-0.4, -0.2) is 56.6 Å². The Labute approximate surface area is 180 Å². The number of rotatable bonds is 7. The highest BCUT2D eigenvalue weighted by Crippen LogP contribution is 2.32. The predicted molar refractivity (Wildman–Crippen MR) is 118 cm³/mol. The molecule has 1 saturated heterocycles. The zero-order chi connectivity index (χ0) is 22.0. The molecule has 0 saturated carbocycles. The van der Waals surface area contributed by atoms with Crippen LogP contribution in [0.4, 0.5) is 11.6 Å². The fourth-order valence-corrected chi connectivity index (χ4v) is 3.69. The van der Waals surface area contributed by atoms with E-state index in [1.54, 1.807) is 18.1 Å². The third kappa shape index (κ3) is 4.30. The largest absolute Gasteiger partial charge is 0.481 e. The first kappa shape index (κ1) is 20.6. The second kappa shape index (κ2) is 8.63. The van der Waals surface area contributed by atoms with Gasteiger partial charge in [-0.2, -0.15) is 4.98 Å². The third-order valence-electron chi connectivity index (χ3n) is 5.25. The maximum atomic E-state index is 11.9. The van der Waals surface area contributed by atoms with Crippen LogP contribution in [0.1, 0.15) is 26.3 Å². The van der Waals surface area contributed by atoms with E-state index in [2.05, 4.69) is 40.3 Å². The maximum absolute atomic E-state index is 11.9. The number of hydrogen-bond donors (Lipinski definition) is 1. The average Bonchev–Trinajstić information content (AvgIpc) is 3.40. The number of nitrogens with zero attached hydrogens (tertiary/aromatic N) is 5. The van der Waals surface area contributed by atoms with Crippen LogP contribution in [0.3, 0.4) is 0 Å². The SMILES string of the molecule is C=CC(=O)N1CCC(Oc2nc(Nc3cc(OC)ncn3)cc3c2ccn3C(C)C)C1. The van der Waals surface area contributed by atoms with Gasteiger partial charge in [0.25, 0.3) is 0 Å². The van der Waals surface area contributed by atoms with Gasteiger partial charge < -0.3 is 24.3 Å². The van der Waals surface area contributed by atoms with E-state index in [9.17, 15) is 4.79 Å². The third-order valence-corrected chi connectivity index (χ3v) is 5.25. The zero-order valence-electron chi connectivity index (χ0n) is 17.9. The van der Waals surface area contributed by atoms with Crippen LogP contribution in [0, 0.1) is 0 Å². The topological polar surface area (TPSA) is 94.4 Å². The van der Waals surface area contributed by atoms with E-state index in [-0.39, 0.29) is 18.1 Å². The second-order valence-corrected chi connectivity index (χ2v) is 7.65. The molecule has 162 valence electrons. The lowest BCUT2D eigenvalue weighted by Gasteiger charge is -2.17. The summed E-state index contributed by atoms with van der Waals surface area (Å²) in [5.41, 5.74) is 1.00. The average molecular weight is 422 g/mol. The Morgan fingerprint density at radius 2 is 2.16 bits per heavy atom. The molecule has 0 bridgehead atoms. The Morgan fingerprint density at radius 3 is 2.90 bits per heavy atom. The van der Waals surface area contributed by atoms with Gasteiger partial charge in [0.2, 0.25) is 17.7 Å². The monoisotopic (exact) mass is 422 g/mol. The van der Waals surface area contributed by atoms with E-state index in [4.69, 9.17) is 14.5 Å². The molecule has 0 spiro atoms. The van der Waals surface area contributed by atoms with Gasteiger partial charge in [0.15, 0.2) is 0 Å². The molecule has 4 heterocycles. The molecule has 9 heteroatoms. The second-order valence-electron chi connectivity index (χ2n) is 7.65. The Bertz CT molecular complexity index is 1110. The van der Waals surface area contributed by atoms with Crippen LogP contribution in [0.2, 0.25) is 0 Å². The zero-order valence-corrected chi connectivity index (χ0v) is 17.9. The number of fused-ring (bicyclic) bond motifs is 1. The quantitative estimate of drug-likeness (QED) is 0.584. The number of anilines is 2. The summed E-state index contributed by atoms with van der Waals surface area (Å²) in [6, 6.07) is 5.95. The number of pyridine rings is 1. The number of carbonyl (C=O) groups is 1. The fourth-order valence-electron chi connectivity index (χ4n) is 3.69. The number of amides is 1. The minimum absolute atomic E-state index is 0.0803. The summed E-state index contributed by atoms with van der Waals surface area (Å²) in [5, 5.41) is 4.14. The van der Waals surface area contributed by atoms with E-state index < -0.39 is 0 Å². The molecular formula is C22H26N6O3. The summed E-state index contributed by atoms with van der Waals surface area (Å²) < 4.78 is 13.6. The first-order chi connectivity index (χ1) is 15.0. The molecule has 31 heavy (non-hydrogen) atoms. The van der Waals surface area contributed by atoms with E-state index >= 15 is 0 Å². The van der Waals surface area contributed by atoms with Crippen molar-refractivity contribution in [2.24, 2.45) is 0 Å². The molecule has 1 N–H and O–H groups in total. The van der Waals surface area contributed by atoms with Crippen molar-refractivity contribution in [2.45, 2.75) is 32.4 Å². The summed E-state index contributed by atoms with van der Waals surface area (Å²) in [5.74, 6) is 2.07. The van der Waals surface area contributed by atoms with Crippen molar-refractivity contribution >= 4 is 28.4 Å². The van der Waals surface area contributed by atoms with Crippen LogP contribution in [0.25, 0.3) is 10.9 Å². The molecule has 1 unspecified atom stereocenters. The lowest BCUT2D eigenvalue weighted by atomic mass is 10.2. The highest BCUT2D eigenvalue weighted by Gasteiger charge is 2.27. The first-order valence-corrected chi connectivity index (χ1v) is 10.2. The summed E-state index contributed by atoms with van der Waals surface area (Å²) in [6.07, 6.45) is 5.41. The van der Waals surface area contributed by atoms with Gasteiger partial charge >= 0.3 is 0 Å². The normalized spacial score (nSPS) is 16.0. The Kier molecular flexibility index (Phi) is 5.75. The van der Waals surface area contributed by atoms with Crippen molar-refractivity contribution in [2.75, 3.05) is 25.5 Å². The minimum atomic E-state index is -0.128. The molecular weight excluding hydrogens is 396 g/mol. The number of hydrogen-bond acceptors (Lipinski definition) is 7. The molecule has 3 aromatic rings. The number of aromatic nitrogens is 4. The Balaban J connectivity index is 1.66. The summed E-state index contributed by atoms with van der Waals surface area (Å²) >= 11 is 0. The first-order valence-electron chi connectivity index (χ1n) is 10.2. The minimum Gasteiger partial charge on any atom is -0.481 e. The van der Waals surface area contributed by atoms with Crippen LogP contribution >= 0.6 is 0 Å². The molecule has 4 rings (SSSR count). The molecule has 0 aromatic carbocycles. The molecule has 1 aliphatic heterocycles. The molecule has 3 aromatic heterocycles. The van der Waals surface area contributed by atoms with Crippen molar-refractivity contribution in [3.8, 4) is 11.8 Å². The Hall–Kier alpha value is -3.62. The van der Waals surface area contributed by atoms with E-state index in [1.807, 2.05) is 18.3 Å². The van der Waals surface area contributed by atoms with Crippen molar-refractivity contribution in [1.29, 1.82) is 0 Å². The van der Waals surface area contributed by atoms with Crippen LogP contribution in [0.5, 0.6) is 11.8 Å². The molecule has 1 fully saturated rings. The van der Waals surface area contributed by atoms with Gasteiger partial charge in [0.1, 0.15) is 24.1 Å². The van der Waals surface area contributed by atoms with Gasteiger partial charge in [-0.15, -0.1) is 0 Å². The van der Waals surface area contributed by atoms with Gasteiger partial charge in [0, 0.05) is 37.3 Å². The molecule has 1 atom stereocenters. The van der Waals surface area contributed by atoms with Crippen LogP contribution in [-0.2, 0) is 4.79 Å². The number of nitrogens with one attached hydrogen (secondary N) is 1. The number of ether oxygens (including phenoxy) is 2. The van der Waals surface area contributed by atoms with Crippen molar-refractivity contribution < 1.29 is 14.3 Å². The molecule has 1 aliphatic rings. The highest BCUT2D eigenvalue weighted by molar-refractivity contribution is 5.88. The van der Waals surface area contributed by atoms with Gasteiger partial charge in [0.05, 0.1) is 24.6 Å². The van der Waals surface area contributed by atoms with Crippen molar-refractivity contribution in [3.63, 3.8) is 0 Å². The molecule has 0 aliphatic carbocycles. The highest BCUT2D eigenvalue weighted by atomic mass is 16.5. The summed E-state index contributed by atoms with van der Waals surface area (Å²) in [7, 11) is 1.56. The van der Waals surface area contributed by atoms with Crippen molar-refractivity contribution in [3.05, 3.63) is 43.4 Å². The van der Waals surface area contributed by atoms with Gasteiger partial charge in [-0.05, 0) is 26.0 Å². The maximum Gasteiger partial charge on any atom is 0.246 e. The van der Waals surface area contributed by atoms with Crippen LogP contribution < -0.4 is 14.8 Å². The molecule has 9 nitrogen and oxygen atoms in total. The van der Waals surface area contributed by atoms with Gasteiger partial charge in [-0.1, -0.05) is 6.58 Å². The van der Waals surface area contributed by atoms with E-state index in [0.717, 1.165) is 17.3 Å². The van der Waals surface area contributed by atoms with Gasteiger partial charge in [-0.25, -0.2) is 9.97 Å². The lowest BCUT2D eigenvalue weighted by molar-refractivity contribution is -0.125. The van der Waals surface area contributed by atoms with Crippen molar-refractivity contribution in [1.82, 2.24) is 24.4 Å². The lowest BCUT2D eigenvalue weighted by Crippen LogP contribution is -2.29. The number of methoxy groups -OCH3 is 1. The molecule has 1 amide bonds. The standard InChI is InChI=1S/C22H26N6O3/c1-5-21(29)27-8-6-15(12-27)31-22-16-7-9-28(14(2)3)17(16)10-19(26-22)25-18-11-20(30-4)24-13-23-18/h5,7,9-11,13-15H,1,6,8,12H2,2-4H3,(H,23,24,25,26). The van der Waals surface area contributed by atoms with E-state index in [0.29, 0.717) is 36.5 Å². The predicted octanol–water partition coefficient (Wildman–Crippen LogP) is 3.33. The Morgan fingerprint density at radius 1 is 1.32 bits per heavy atom. The van der Waals surface area contributed by atoms with Gasteiger partial charge in [-0.3, -0.25) is 4.79 Å². The number of carbonyl (C=O) groups excluding carboxylic acids is 1. The summed E-state index contributed by atoms with van der Waals surface area (Å²) in [4.78, 5) is 26.6. The van der Waals surface area contributed by atoms with E-state index in [1.165, 1.54) is 12.4 Å².